The number of rotatable bonds is 2. The van der Waals surface area contributed by atoms with Crippen LogP contribution in [0.25, 0.3) is 0 Å². The minimum absolute atomic E-state index is 0.533. The van der Waals surface area contributed by atoms with Gasteiger partial charge >= 0.3 is 0 Å². The predicted molar refractivity (Wildman–Crippen MR) is 37.0 cm³/mol. The summed E-state index contributed by atoms with van der Waals surface area (Å²) in [5.41, 5.74) is 0. The molecule has 0 atom stereocenters. The molecule has 0 fully saturated rings. The molecular weight excluding hydrogens is 184 g/mol. The Bertz CT molecular complexity index is 187. The second kappa shape index (κ2) is 2.98. The molecule has 1 aromatic heterocycles. The summed E-state index contributed by atoms with van der Waals surface area (Å²) in [6.45, 7) is 0.533. The molecule has 0 aliphatic heterocycles. The maximum atomic E-state index is 4.83. The number of aromatic amines is 1. The lowest BCUT2D eigenvalue weighted by Gasteiger charge is -1.89. The third-order valence-corrected chi connectivity index (χ3v) is 1.28. The van der Waals surface area contributed by atoms with Crippen LogP contribution in [0.3, 0.4) is 0 Å². The van der Waals surface area contributed by atoms with Crippen LogP contribution in [0.4, 0.5) is 0 Å². The molecule has 1 N–H and O–H groups in total. The van der Waals surface area contributed by atoms with Crippen LogP contribution in [0.1, 0.15) is 5.82 Å². The van der Waals surface area contributed by atoms with Crippen LogP contribution >= 0.6 is 15.9 Å². The summed E-state index contributed by atoms with van der Waals surface area (Å²) >= 11 is 3.23. The van der Waals surface area contributed by atoms with Crippen molar-refractivity contribution in [1.82, 2.24) is 9.97 Å². The highest BCUT2D eigenvalue weighted by atomic mass is 79.9. The van der Waals surface area contributed by atoms with E-state index in [-0.39, 0.29) is 0 Å². The van der Waals surface area contributed by atoms with Crippen LogP contribution in [-0.2, 0) is 11.3 Å². The standard InChI is InChI=1S/C5H7BrN2O/c1-9-3-5-7-2-4(6)8-5/h2H,3H2,1H3,(H,7,8). The van der Waals surface area contributed by atoms with Gasteiger partial charge in [-0.15, -0.1) is 0 Å². The van der Waals surface area contributed by atoms with Crippen molar-refractivity contribution in [2.45, 2.75) is 6.61 Å². The van der Waals surface area contributed by atoms with Gasteiger partial charge in [-0.3, -0.25) is 0 Å². The number of hydrogen-bond donors (Lipinski definition) is 1. The van der Waals surface area contributed by atoms with Gasteiger partial charge in [-0.1, -0.05) is 0 Å². The normalized spacial score (nSPS) is 10.0. The Labute approximate surface area is 61.6 Å². The molecule has 0 saturated heterocycles. The van der Waals surface area contributed by atoms with Crippen LogP contribution in [0.2, 0.25) is 0 Å². The van der Waals surface area contributed by atoms with Gasteiger partial charge < -0.3 is 9.72 Å². The molecule has 0 unspecified atom stereocenters. The van der Waals surface area contributed by atoms with E-state index in [0.717, 1.165) is 10.4 Å². The van der Waals surface area contributed by atoms with Gasteiger partial charge in [0.2, 0.25) is 0 Å². The molecule has 1 heterocycles. The lowest BCUT2D eigenvalue weighted by molar-refractivity contribution is 0.178. The molecule has 50 valence electrons. The van der Waals surface area contributed by atoms with E-state index in [1.165, 1.54) is 0 Å². The van der Waals surface area contributed by atoms with Crippen LogP contribution in [0, 0.1) is 0 Å². The van der Waals surface area contributed by atoms with E-state index in [1.54, 1.807) is 13.3 Å². The van der Waals surface area contributed by atoms with Crippen LogP contribution in [0.5, 0.6) is 0 Å². The lowest BCUT2D eigenvalue weighted by atomic mass is 10.7. The maximum Gasteiger partial charge on any atom is 0.133 e. The van der Waals surface area contributed by atoms with E-state index in [4.69, 9.17) is 4.74 Å². The van der Waals surface area contributed by atoms with E-state index >= 15 is 0 Å². The Kier molecular flexibility index (Phi) is 2.24. The van der Waals surface area contributed by atoms with Gasteiger partial charge in [0.15, 0.2) is 0 Å². The highest BCUT2D eigenvalue weighted by Gasteiger charge is 1.94. The summed E-state index contributed by atoms with van der Waals surface area (Å²) in [4.78, 5) is 6.94. The third-order valence-electron chi connectivity index (χ3n) is 0.878. The van der Waals surface area contributed by atoms with E-state index in [9.17, 15) is 0 Å². The molecule has 0 aromatic carbocycles. The summed E-state index contributed by atoms with van der Waals surface area (Å²) in [6.07, 6.45) is 1.70. The Balaban J connectivity index is 2.61. The van der Waals surface area contributed by atoms with Crippen molar-refractivity contribution in [3.63, 3.8) is 0 Å². The number of hydrogen-bond acceptors (Lipinski definition) is 2. The molecular formula is C5H7BrN2O. The van der Waals surface area contributed by atoms with Gasteiger partial charge in [-0.05, 0) is 15.9 Å². The van der Waals surface area contributed by atoms with Crippen LogP contribution in [-0.4, -0.2) is 17.1 Å². The second-order valence-corrected chi connectivity index (χ2v) is 2.47. The number of methoxy groups -OCH3 is 1. The van der Waals surface area contributed by atoms with E-state index < -0.39 is 0 Å². The van der Waals surface area contributed by atoms with E-state index in [0.29, 0.717) is 6.61 Å². The maximum absolute atomic E-state index is 4.83. The first-order valence-corrected chi connectivity index (χ1v) is 3.30. The Morgan fingerprint density at radius 2 is 2.67 bits per heavy atom. The molecule has 0 amide bonds. The minimum atomic E-state index is 0.533. The zero-order chi connectivity index (χ0) is 6.69. The van der Waals surface area contributed by atoms with Gasteiger partial charge in [0.05, 0.1) is 6.20 Å². The van der Waals surface area contributed by atoms with Crippen molar-refractivity contribution >= 4 is 15.9 Å². The van der Waals surface area contributed by atoms with Crippen LogP contribution in [0.15, 0.2) is 10.8 Å². The Morgan fingerprint density at radius 1 is 1.89 bits per heavy atom. The summed E-state index contributed by atoms with van der Waals surface area (Å²) in [5, 5.41) is 0. The van der Waals surface area contributed by atoms with E-state index in [1.807, 2.05) is 0 Å². The van der Waals surface area contributed by atoms with Gasteiger partial charge in [0.1, 0.15) is 17.0 Å². The quantitative estimate of drug-likeness (QED) is 0.765. The molecule has 9 heavy (non-hydrogen) atoms. The zero-order valence-electron chi connectivity index (χ0n) is 5.02. The number of imidazole rings is 1. The molecule has 3 nitrogen and oxygen atoms in total. The van der Waals surface area contributed by atoms with Crippen molar-refractivity contribution in [3.8, 4) is 0 Å². The summed E-state index contributed by atoms with van der Waals surface area (Å²) in [6, 6.07) is 0. The van der Waals surface area contributed by atoms with Crippen molar-refractivity contribution in [1.29, 1.82) is 0 Å². The van der Waals surface area contributed by atoms with Crippen molar-refractivity contribution in [2.24, 2.45) is 0 Å². The molecule has 0 spiro atoms. The number of halogens is 1. The molecule has 1 aromatic rings. The molecule has 0 radical (unpaired) electrons. The van der Waals surface area contributed by atoms with Gasteiger partial charge in [-0.2, -0.15) is 0 Å². The number of nitrogens with zero attached hydrogens (tertiary/aromatic N) is 1. The van der Waals surface area contributed by atoms with Crippen LogP contribution < -0.4 is 0 Å². The number of ether oxygens (including phenoxy) is 1. The molecule has 0 bridgehead atoms. The fourth-order valence-electron chi connectivity index (χ4n) is 0.547. The third kappa shape index (κ3) is 1.80. The highest BCUT2D eigenvalue weighted by Crippen LogP contribution is 2.04. The fourth-order valence-corrected chi connectivity index (χ4v) is 0.878. The van der Waals surface area contributed by atoms with Gasteiger partial charge in [-0.25, -0.2) is 4.98 Å². The summed E-state index contributed by atoms with van der Waals surface area (Å²) < 4.78 is 5.71. The average Bonchev–Trinajstić information content (AvgIpc) is 2.17. The minimum Gasteiger partial charge on any atom is -0.377 e. The Hall–Kier alpha value is -0.350. The zero-order valence-corrected chi connectivity index (χ0v) is 6.60. The van der Waals surface area contributed by atoms with Crippen molar-refractivity contribution in [3.05, 3.63) is 16.6 Å². The average molecular weight is 191 g/mol. The predicted octanol–water partition coefficient (Wildman–Crippen LogP) is 1.32. The monoisotopic (exact) mass is 190 g/mol. The highest BCUT2D eigenvalue weighted by molar-refractivity contribution is 9.10. The van der Waals surface area contributed by atoms with Crippen molar-refractivity contribution in [2.75, 3.05) is 7.11 Å². The molecule has 0 aliphatic rings. The Morgan fingerprint density at radius 3 is 3.11 bits per heavy atom. The molecule has 0 saturated carbocycles. The summed E-state index contributed by atoms with van der Waals surface area (Å²) in [7, 11) is 1.64. The molecule has 0 aliphatic carbocycles. The van der Waals surface area contributed by atoms with Crippen molar-refractivity contribution < 1.29 is 4.74 Å². The fraction of sp³-hybridized carbons (Fsp3) is 0.400. The molecule has 1 rings (SSSR count). The number of H-pyrrole nitrogens is 1. The van der Waals surface area contributed by atoms with E-state index in [2.05, 4.69) is 25.9 Å². The molecule has 4 heteroatoms. The first-order chi connectivity index (χ1) is 4.33. The first-order valence-electron chi connectivity index (χ1n) is 2.51. The SMILES string of the molecule is COCc1ncc(Br)[nH]1. The van der Waals surface area contributed by atoms with Gasteiger partial charge in [0, 0.05) is 7.11 Å². The number of nitrogens with one attached hydrogen (secondary N) is 1. The lowest BCUT2D eigenvalue weighted by Crippen LogP contribution is -1.88. The largest absolute Gasteiger partial charge is 0.377 e. The second-order valence-electron chi connectivity index (χ2n) is 1.61. The smallest absolute Gasteiger partial charge is 0.133 e. The summed E-state index contributed by atoms with van der Waals surface area (Å²) in [5.74, 6) is 0.837. The first kappa shape index (κ1) is 6.77. The topological polar surface area (TPSA) is 37.9 Å². The number of aromatic nitrogens is 2. The van der Waals surface area contributed by atoms with Gasteiger partial charge in [0.25, 0.3) is 0 Å².